The van der Waals surface area contributed by atoms with Gasteiger partial charge >= 0.3 is 0 Å². The topological polar surface area (TPSA) is 41.2 Å². The van der Waals surface area contributed by atoms with E-state index in [9.17, 15) is 0 Å². The molecular formula is C11H16ClN3O. The van der Waals surface area contributed by atoms with Crippen LogP contribution in [0.25, 0.3) is 0 Å². The standard InChI is InChI=1S/C11H16ClN3O/c12-4-8-5-13-11(14-8)10-6-15-3-1-2-9(15)7-16-10/h5,9-10H,1-4,6-7H2,(H,13,14). The fourth-order valence-electron chi connectivity index (χ4n) is 2.59. The van der Waals surface area contributed by atoms with E-state index in [4.69, 9.17) is 16.3 Å². The summed E-state index contributed by atoms with van der Waals surface area (Å²) in [4.78, 5) is 10.1. The summed E-state index contributed by atoms with van der Waals surface area (Å²) in [5.74, 6) is 1.40. The summed E-state index contributed by atoms with van der Waals surface area (Å²) in [5.41, 5.74) is 0.962. The van der Waals surface area contributed by atoms with Crippen LogP contribution in [0.3, 0.4) is 0 Å². The molecule has 0 amide bonds. The molecule has 0 spiro atoms. The van der Waals surface area contributed by atoms with Crippen molar-refractivity contribution in [2.45, 2.75) is 30.9 Å². The van der Waals surface area contributed by atoms with Crippen LogP contribution in [0.1, 0.15) is 30.5 Å². The van der Waals surface area contributed by atoms with E-state index in [1.807, 2.05) is 0 Å². The molecule has 3 rings (SSSR count). The molecule has 3 heterocycles. The van der Waals surface area contributed by atoms with E-state index in [0.717, 1.165) is 24.7 Å². The van der Waals surface area contributed by atoms with Gasteiger partial charge < -0.3 is 9.72 Å². The van der Waals surface area contributed by atoms with Gasteiger partial charge in [0, 0.05) is 24.5 Å². The summed E-state index contributed by atoms with van der Waals surface area (Å²) in [7, 11) is 0. The number of nitrogens with zero attached hydrogens (tertiary/aromatic N) is 2. The van der Waals surface area contributed by atoms with Crippen molar-refractivity contribution in [1.29, 1.82) is 0 Å². The molecule has 2 atom stereocenters. The zero-order valence-corrected chi connectivity index (χ0v) is 9.91. The number of fused-ring (bicyclic) bond motifs is 1. The zero-order valence-electron chi connectivity index (χ0n) is 9.16. The SMILES string of the molecule is ClCc1cnc(C2CN3CCCC3CO2)[nH]1. The highest BCUT2D eigenvalue weighted by atomic mass is 35.5. The van der Waals surface area contributed by atoms with E-state index < -0.39 is 0 Å². The number of aromatic amines is 1. The molecule has 88 valence electrons. The summed E-state index contributed by atoms with van der Waals surface area (Å²) in [6.45, 7) is 3.00. The highest BCUT2D eigenvalue weighted by Crippen LogP contribution is 2.28. The highest BCUT2D eigenvalue weighted by Gasteiger charge is 2.33. The second-order valence-electron chi connectivity index (χ2n) is 4.54. The van der Waals surface area contributed by atoms with Crippen LogP contribution < -0.4 is 0 Å². The molecule has 1 aromatic heterocycles. The van der Waals surface area contributed by atoms with Gasteiger partial charge in [-0.15, -0.1) is 11.6 Å². The highest BCUT2D eigenvalue weighted by molar-refractivity contribution is 6.16. The van der Waals surface area contributed by atoms with Gasteiger partial charge in [0.1, 0.15) is 11.9 Å². The monoisotopic (exact) mass is 241 g/mol. The van der Waals surface area contributed by atoms with Crippen LogP contribution >= 0.6 is 11.6 Å². The summed E-state index contributed by atoms with van der Waals surface area (Å²) in [6, 6.07) is 0.638. The van der Waals surface area contributed by atoms with E-state index in [1.54, 1.807) is 6.20 Å². The average Bonchev–Trinajstić information content (AvgIpc) is 2.96. The maximum Gasteiger partial charge on any atom is 0.136 e. The third kappa shape index (κ3) is 1.85. The van der Waals surface area contributed by atoms with Crippen LogP contribution in [0, 0.1) is 0 Å². The molecule has 2 fully saturated rings. The van der Waals surface area contributed by atoms with Crippen molar-refractivity contribution in [2.75, 3.05) is 19.7 Å². The van der Waals surface area contributed by atoms with Gasteiger partial charge in [0.15, 0.2) is 0 Å². The van der Waals surface area contributed by atoms with E-state index in [2.05, 4.69) is 14.9 Å². The van der Waals surface area contributed by atoms with E-state index in [1.165, 1.54) is 19.4 Å². The molecule has 2 saturated heterocycles. The smallest absolute Gasteiger partial charge is 0.136 e. The Balaban J connectivity index is 1.71. The molecule has 0 aliphatic carbocycles. The Bertz CT molecular complexity index is 368. The maximum atomic E-state index is 5.86. The number of halogens is 1. The summed E-state index contributed by atoms with van der Waals surface area (Å²) >= 11 is 5.75. The zero-order chi connectivity index (χ0) is 11.0. The minimum Gasteiger partial charge on any atom is -0.367 e. The minimum atomic E-state index is 0.0892. The first-order valence-electron chi connectivity index (χ1n) is 5.82. The van der Waals surface area contributed by atoms with Crippen LogP contribution in [0.2, 0.25) is 0 Å². The quantitative estimate of drug-likeness (QED) is 0.802. The molecule has 2 unspecified atom stereocenters. The van der Waals surface area contributed by atoms with Crippen LogP contribution in [0.5, 0.6) is 0 Å². The summed E-state index contributed by atoms with van der Waals surface area (Å²) in [6.07, 6.45) is 4.46. The third-order valence-electron chi connectivity index (χ3n) is 3.49. The molecule has 0 aromatic carbocycles. The number of hydrogen-bond donors (Lipinski definition) is 1. The minimum absolute atomic E-state index is 0.0892. The van der Waals surface area contributed by atoms with Gasteiger partial charge in [-0.25, -0.2) is 4.98 Å². The van der Waals surface area contributed by atoms with Crippen LogP contribution in [-0.4, -0.2) is 40.6 Å². The molecule has 2 aliphatic heterocycles. The fraction of sp³-hybridized carbons (Fsp3) is 0.727. The number of hydrogen-bond acceptors (Lipinski definition) is 3. The second-order valence-corrected chi connectivity index (χ2v) is 4.81. The number of imidazole rings is 1. The number of aromatic nitrogens is 2. The second kappa shape index (κ2) is 4.35. The number of H-pyrrole nitrogens is 1. The van der Waals surface area contributed by atoms with Gasteiger partial charge in [-0.3, -0.25) is 4.90 Å². The van der Waals surface area contributed by atoms with Gasteiger partial charge in [-0.2, -0.15) is 0 Å². The molecule has 0 radical (unpaired) electrons. The third-order valence-corrected chi connectivity index (χ3v) is 3.77. The molecule has 4 nitrogen and oxygen atoms in total. The normalized spacial score (nSPS) is 30.6. The number of morpholine rings is 1. The number of nitrogens with one attached hydrogen (secondary N) is 1. The fourth-order valence-corrected chi connectivity index (χ4v) is 2.73. The molecular weight excluding hydrogens is 226 g/mol. The van der Waals surface area contributed by atoms with Crippen molar-refractivity contribution in [1.82, 2.24) is 14.9 Å². The lowest BCUT2D eigenvalue weighted by molar-refractivity contribution is -0.0538. The maximum absolute atomic E-state index is 5.86. The van der Waals surface area contributed by atoms with Crippen LogP contribution in [-0.2, 0) is 10.6 Å². The number of alkyl halides is 1. The van der Waals surface area contributed by atoms with Crippen LogP contribution in [0.4, 0.5) is 0 Å². The molecule has 5 heteroatoms. The largest absolute Gasteiger partial charge is 0.367 e. The van der Waals surface area contributed by atoms with Gasteiger partial charge in [0.25, 0.3) is 0 Å². The predicted octanol–water partition coefficient (Wildman–Crippen LogP) is 1.68. The van der Waals surface area contributed by atoms with Crippen molar-refractivity contribution in [3.63, 3.8) is 0 Å². The van der Waals surface area contributed by atoms with E-state index >= 15 is 0 Å². The van der Waals surface area contributed by atoms with Crippen molar-refractivity contribution in [3.8, 4) is 0 Å². The Morgan fingerprint density at radius 1 is 1.62 bits per heavy atom. The van der Waals surface area contributed by atoms with Crippen molar-refractivity contribution < 1.29 is 4.74 Å². The molecule has 0 bridgehead atoms. The van der Waals surface area contributed by atoms with Gasteiger partial charge in [-0.1, -0.05) is 0 Å². The predicted molar refractivity (Wildman–Crippen MR) is 61.4 cm³/mol. The summed E-state index contributed by atoms with van der Waals surface area (Å²) in [5, 5.41) is 0. The Hall–Kier alpha value is -0.580. The number of rotatable bonds is 2. The lowest BCUT2D eigenvalue weighted by atomic mass is 10.2. The first-order valence-corrected chi connectivity index (χ1v) is 6.35. The first-order chi connectivity index (χ1) is 7.86. The van der Waals surface area contributed by atoms with Crippen molar-refractivity contribution in [3.05, 3.63) is 17.7 Å². The van der Waals surface area contributed by atoms with E-state index in [0.29, 0.717) is 11.9 Å². The Morgan fingerprint density at radius 2 is 2.56 bits per heavy atom. The summed E-state index contributed by atoms with van der Waals surface area (Å²) < 4.78 is 5.86. The van der Waals surface area contributed by atoms with Crippen LogP contribution in [0.15, 0.2) is 6.20 Å². The van der Waals surface area contributed by atoms with Crippen molar-refractivity contribution >= 4 is 11.6 Å². The molecule has 1 N–H and O–H groups in total. The van der Waals surface area contributed by atoms with Crippen molar-refractivity contribution in [2.24, 2.45) is 0 Å². The molecule has 16 heavy (non-hydrogen) atoms. The molecule has 1 aromatic rings. The Morgan fingerprint density at radius 3 is 3.38 bits per heavy atom. The lowest BCUT2D eigenvalue weighted by Gasteiger charge is -2.34. The Labute approximate surface area is 99.9 Å². The first kappa shape index (κ1) is 10.6. The molecule has 0 saturated carbocycles. The van der Waals surface area contributed by atoms with Gasteiger partial charge in [-0.05, 0) is 19.4 Å². The average molecular weight is 242 g/mol. The van der Waals surface area contributed by atoms with Gasteiger partial charge in [0.05, 0.1) is 12.5 Å². The van der Waals surface area contributed by atoms with E-state index in [-0.39, 0.29) is 6.10 Å². The molecule has 2 aliphatic rings. The lowest BCUT2D eigenvalue weighted by Crippen LogP contribution is -2.42. The number of ether oxygens (including phenoxy) is 1. The van der Waals surface area contributed by atoms with Gasteiger partial charge in [0.2, 0.25) is 0 Å². The Kier molecular flexibility index (Phi) is 2.88.